The van der Waals surface area contributed by atoms with Crippen molar-refractivity contribution < 1.29 is 23.8 Å². The van der Waals surface area contributed by atoms with Crippen molar-refractivity contribution in [1.29, 1.82) is 0 Å². The summed E-state index contributed by atoms with van der Waals surface area (Å²) in [6.45, 7) is 6.46. The molecule has 1 atom stereocenters. The summed E-state index contributed by atoms with van der Waals surface area (Å²) in [7, 11) is 3.21. The molecule has 0 N–H and O–H groups in total. The molecule has 1 aromatic heterocycles. The molecule has 0 saturated carbocycles. The van der Waals surface area contributed by atoms with Crippen molar-refractivity contribution >= 4 is 23.9 Å². The van der Waals surface area contributed by atoms with Gasteiger partial charge in [0.15, 0.2) is 17.2 Å². The summed E-state index contributed by atoms with van der Waals surface area (Å²) in [6.07, 6.45) is 10.6. The van der Waals surface area contributed by atoms with Crippen molar-refractivity contribution in [2.45, 2.75) is 52.1 Å². The molecule has 2 aromatic rings. The maximum atomic E-state index is 13.4. The molecule has 0 radical (unpaired) electrons. The van der Waals surface area contributed by atoms with Gasteiger partial charge in [-0.2, -0.15) is 10.1 Å². The van der Waals surface area contributed by atoms with E-state index in [2.05, 4.69) is 11.1 Å². The molecule has 0 spiro atoms. The van der Waals surface area contributed by atoms with Gasteiger partial charge in [-0.05, 0) is 76.8 Å². The molecule has 1 fully saturated rings. The first-order valence-electron chi connectivity index (χ1n) is 12.9. The van der Waals surface area contributed by atoms with Crippen LogP contribution in [0.4, 0.5) is 4.79 Å². The van der Waals surface area contributed by atoms with Gasteiger partial charge in [0.2, 0.25) is 0 Å². The number of aliphatic imine (C=N–C) groups is 1. The molecule has 9 nitrogen and oxygen atoms in total. The van der Waals surface area contributed by atoms with Crippen LogP contribution in [0.2, 0.25) is 0 Å². The smallest absolute Gasteiger partial charge is 0.433 e. The van der Waals surface area contributed by atoms with Crippen molar-refractivity contribution in [1.82, 2.24) is 14.7 Å². The Balaban J connectivity index is 1.56. The lowest BCUT2D eigenvalue weighted by Crippen LogP contribution is -2.29. The standard InChI is InChI=1S/C29H36N4O5/c1-29(2,3)38-28(35)30-18-20-14-15-32(19-20)27(34)23-17-22-10-8-6-7-9-11-24(33(22)31-23)21-12-13-25(36-4)26(16-21)37-5/h7,9,11-13,16-18,20H,6,8,10,14-15,19H2,1-5H3/b9-7-,24-11-,30-18+. The van der Waals surface area contributed by atoms with Crippen LogP contribution in [-0.4, -0.2) is 65.8 Å². The Morgan fingerprint density at radius 3 is 2.66 bits per heavy atom. The van der Waals surface area contributed by atoms with Gasteiger partial charge in [-0.25, -0.2) is 9.48 Å². The Bertz CT molecular complexity index is 1270. The van der Waals surface area contributed by atoms with Crippen molar-refractivity contribution in [2.24, 2.45) is 10.9 Å². The normalized spacial score (nSPS) is 20.1. The molecule has 0 aliphatic carbocycles. The number of aromatic nitrogens is 2. The van der Waals surface area contributed by atoms with Gasteiger partial charge in [-0.1, -0.05) is 12.2 Å². The van der Waals surface area contributed by atoms with Crippen molar-refractivity contribution in [3.63, 3.8) is 0 Å². The van der Waals surface area contributed by atoms with E-state index in [9.17, 15) is 9.59 Å². The number of methoxy groups -OCH3 is 2. The van der Waals surface area contributed by atoms with Gasteiger partial charge in [0.05, 0.1) is 19.9 Å². The maximum Gasteiger partial charge on any atom is 0.433 e. The number of fused-ring (bicyclic) bond motifs is 1. The SMILES string of the molecule is COc1ccc(/C2=C/C=C\CCCc3cc(C(=O)N4CCC(/C=N/C(=O)OC(C)(C)C)C4)nn32)cc1OC. The summed E-state index contributed by atoms with van der Waals surface area (Å²) in [4.78, 5) is 31.1. The average Bonchev–Trinajstić information content (AvgIpc) is 3.53. The average molecular weight is 521 g/mol. The number of rotatable bonds is 5. The van der Waals surface area contributed by atoms with Crippen LogP contribution in [0.5, 0.6) is 11.5 Å². The third kappa shape index (κ3) is 6.51. The summed E-state index contributed by atoms with van der Waals surface area (Å²) in [6, 6.07) is 7.63. The van der Waals surface area contributed by atoms with Crippen LogP contribution < -0.4 is 9.47 Å². The van der Waals surface area contributed by atoms with Crippen LogP contribution in [-0.2, 0) is 11.2 Å². The lowest BCUT2D eigenvalue weighted by Gasteiger charge is -2.17. The number of allylic oxidation sites excluding steroid dienone is 3. The van der Waals surface area contributed by atoms with Crippen LogP contribution in [0.1, 0.15) is 61.8 Å². The largest absolute Gasteiger partial charge is 0.493 e. The highest BCUT2D eigenvalue weighted by Crippen LogP contribution is 2.32. The Labute approximate surface area is 223 Å². The minimum atomic E-state index is -0.615. The third-order valence-electron chi connectivity index (χ3n) is 6.40. The highest BCUT2D eigenvalue weighted by molar-refractivity contribution is 5.93. The Kier molecular flexibility index (Phi) is 8.34. The van der Waals surface area contributed by atoms with E-state index in [0.29, 0.717) is 30.3 Å². The first-order chi connectivity index (χ1) is 18.2. The van der Waals surface area contributed by atoms with Crippen LogP contribution in [0.15, 0.2) is 47.5 Å². The molecule has 2 amide bonds. The van der Waals surface area contributed by atoms with Crippen LogP contribution >= 0.6 is 0 Å². The number of ether oxygens (including phenoxy) is 3. The highest BCUT2D eigenvalue weighted by atomic mass is 16.6. The first-order valence-corrected chi connectivity index (χ1v) is 12.9. The second-order valence-corrected chi connectivity index (χ2v) is 10.4. The zero-order chi connectivity index (χ0) is 27.3. The second-order valence-electron chi connectivity index (χ2n) is 10.4. The van der Waals surface area contributed by atoms with Gasteiger partial charge in [0, 0.05) is 36.5 Å². The Hall–Kier alpha value is -3.88. The van der Waals surface area contributed by atoms with Crippen molar-refractivity contribution in [3.05, 3.63) is 59.4 Å². The molecule has 2 aliphatic rings. The fourth-order valence-electron chi connectivity index (χ4n) is 4.56. The molecule has 0 bridgehead atoms. The van der Waals surface area contributed by atoms with Crippen LogP contribution in [0.3, 0.4) is 0 Å². The predicted molar refractivity (Wildman–Crippen MR) is 146 cm³/mol. The van der Waals surface area contributed by atoms with Crippen LogP contribution in [0.25, 0.3) is 5.70 Å². The van der Waals surface area contributed by atoms with Gasteiger partial charge < -0.3 is 19.1 Å². The Morgan fingerprint density at radius 2 is 1.92 bits per heavy atom. The number of nitrogens with zero attached hydrogens (tertiary/aromatic N) is 4. The minimum Gasteiger partial charge on any atom is -0.493 e. The Morgan fingerprint density at radius 1 is 1.13 bits per heavy atom. The van der Waals surface area contributed by atoms with E-state index in [1.54, 1.807) is 46.1 Å². The topological polar surface area (TPSA) is 95.3 Å². The molecule has 9 heteroatoms. The van der Waals surface area contributed by atoms with E-state index in [-0.39, 0.29) is 11.8 Å². The van der Waals surface area contributed by atoms with Gasteiger partial charge in [-0.15, -0.1) is 0 Å². The number of benzene rings is 1. The van der Waals surface area contributed by atoms with E-state index < -0.39 is 11.7 Å². The fraction of sp³-hybridized carbons (Fsp3) is 0.448. The number of aryl methyl sites for hydroxylation is 1. The number of carbonyl (C=O) groups excluding carboxylic acids is 2. The number of amides is 2. The van der Waals surface area contributed by atoms with Gasteiger partial charge >= 0.3 is 6.09 Å². The lowest BCUT2D eigenvalue weighted by atomic mass is 10.1. The van der Waals surface area contributed by atoms with Crippen LogP contribution in [0, 0.1) is 5.92 Å². The lowest BCUT2D eigenvalue weighted by molar-refractivity contribution is 0.0604. The zero-order valence-corrected chi connectivity index (χ0v) is 22.8. The van der Waals surface area contributed by atoms with E-state index >= 15 is 0 Å². The van der Waals surface area contributed by atoms with E-state index in [0.717, 1.165) is 42.6 Å². The fourth-order valence-corrected chi connectivity index (χ4v) is 4.56. The summed E-state index contributed by atoms with van der Waals surface area (Å²) in [5.41, 5.74) is 2.53. The zero-order valence-electron chi connectivity index (χ0n) is 22.8. The van der Waals surface area contributed by atoms with Gasteiger partial charge in [-0.3, -0.25) is 4.79 Å². The quantitative estimate of drug-likeness (QED) is 0.506. The molecule has 38 heavy (non-hydrogen) atoms. The van der Waals surface area contributed by atoms with Gasteiger partial charge in [0.25, 0.3) is 5.91 Å². The molecule has 1 saturated heterocycles. The molecule has 202 valence electrons. The summed E-state index contributed by atoms with van der Waals surface area (Å²) >= 11 is 0. The highest BCUT2D eigenvalue weighted by Gasteiger charge is 2.29. The molecule has 3 heterocycles. The number of likely N-dealkylation sites (tertiary alicyclic amines) is 1. The molecule has 1 aromatic carbocycles. The maximum absolute atomic E-state index is 13.4. The number of hydrogen-bond acceptors (Lipinski definition) is 6. The van der Waals surface area contributed by atoms with E-state index in [1.165, 1.54) is 0 Å². The van der Waals surface area contributed by atoms with Crippen molar-refractivity contribution in [3.8, 4) is 11.5 Å². The second kappa shape index (κ2) is 11.7. The number of carbonyl (C=O) groups is 2. The summed E-state index contributed by atoms with van der Waals surface area (Å²) < 4.78 is 18.0. The van der Waals surface area contributed by atoms with Gasteiger partial charge in [0.1, 0.15) is 5.60 Å². The molecule has 1 unspecified atom stereocenters. The van der Waals surface area contributed by atoms with Crippen molar-refractivity contribution in [2.75, 3.05) is 27.3 Å². The number of hydrogen-bond donors (Lipinski definition) is 0. The third-order valence-corrected chi connectivity index (χ3v) is 6.40. The molecule has 2 aliphatic heterocycles. The minimum absolute atomic E-state index is 0.00835. The summed E-state index contributed by atoms with van der Waals surface area (Å²) in [5.74, 6) is 1.13. The monoisotopic (exact) mass is 520 g/mol. The summed E-state index contributed by atoms with van der Waals surface area (Å²) in [5, 5.41) is 4.78. The molecular formula is C29H36N4O5. The van der Waals surface area contributed by atoms with E-state index in [1.807, 2.05) is 41.1 Å². The van der Waals surface area contributed by atoms with E-state index in [4.69, 9.17) is 19.3 Å². The predicted octanol–water partition coefficient (Wildman–Crippen LogP) is 5.15. The molecule has 4 rings (SSSR count). The first kappa shape index (κ1) is 27.2. The molecular weight excluding hydrogens is 484 g/mol.